The molecule has 2 fully saturated rings. The molecule has 2 aromatic carbocycles. The Hall–Kier alpha value is -3.56. The van der Waals surface area contributed by atoms with Gasteiger partial charge in [0.05, 0.1) is 18.2 Å². The molecule has 0 bridgehead atoms. The Balaban J connectivity index is 1.37. The van der Waals surface area contributed by atoms with E-state index < -0.39 is 5.60 Å². The number of methoxy groups -OCH3 is 1. The summed E-state index contributed by atoms with van der Waals surface area (Å²) in [5.41, 5.74) is 5.63. The molecule has 0 unspecified atom stereocenters. The van der Waals surface area contributed by atoms with Crippen LogP contribution in [-0.4, -0.2) is 40.8 Å². The lowest BCUT2D eigenvalue weighted by atomic mass is 9.83. The molecule has 3 aliphatic rings. The molecule has 0 spiro atoms. The van der Waals surface area contributed by atoms with Gasteiger partial charge in [-0.1, -0.05) is 30.0 Å². The summed E-state index contributed by atoms with van der Waals surface area (Å²) in [5.74, 6) is 7.91. The number of esters is 1. The van der Waals surface area contributed by atoms with Crippen LogP contribution >= 0.6 is 0 Å². The third kappa shape index (κ3) is 5.28. The van der Waals surface area contributed by atoms with E-state index in [1.165, 1.54) is 43.1 Å². The van der Waals surface area contributed by atoms with Crippen LogP contribution in [-0.2, 0) is 16.0 Å². The third-order valence-corrected chi connectivity index (χ3v) is 8.62. The summed E-state index contributed by atoms with van der Waals surface area (Å²) in [7, 11) is 1.42. The van der Waals surface area contributed by atoms with Crippen LogP contribution in [0.15, 0.2) is 42.6 Å². The van der Waals surface area contributed by atoms with Crippen LogP contribution in [0.5, 0.6) is 0 Å². The van der Waals surface area contributed by atoms with Crippen LogP contribution in [0.25, 0.3) is 10.9 Å². The van der Waals surface area contributed by atoms with Crippen LogP contribution in [0.2, 0.25) is 0 Å². The van der Waals surface area contributed by atoms with Crippen LogP contribution in [0.3, 0.4) is 0 Å². The maximum Gasteiger partial charge on any atom is 0.418 e. The zero-order valence-corrected chi connectivity index (χ0v) is 24.1. The van der Waals surface area contributed by atoms with E-state index in [2.05, 4.69) is 47.9 Å². The van der Waals surface area contributed by atoms with Crippen molar-refractivity contribution >= 4 is 23.0 Å². The standard InChI is InChI=1S/C34H38N2O4/c1-21-18-28(23-8-9-23)29(27-15-17-36(31(21)27)33(38)40-34(2,3)4)20-35-16-14-26(22-6-7-22)19-30(35)24-10-12-25(13-11-24)32(37)39-5/h10-13,15,17-18,22-23,26,30H,6-7,14,16,19-20H2,1-5H3/t26-,30+/m1/s1. The summed E-state index contributed by atoms with van der Waals surface area (Å²) in [6, 6.07) is 12.5. The van der Waals surface area contributed by atoms with Gasteiger partial charge >= 0.3 is 12.1 Å². The molecule has 1 saturated carbocycles. The van der Waals surface area contributed by atoms with E-state index in [-0.39, 0.29) is 24.0 Å². The molecular formula is C34H38N2O4. The molecule has 0 radical (unpaired) electrons. The molecule has 1 aromatic heterocycles. The van der Waals surface area contributed by atoms with E-state index in [1.807, 2.05) is 39.1 Å². The van der Waals surface area contributed by atoms with Gasteiger partial charge in [-0.3, -0.25) is 9.47 Å². The monoisotopic (exact) mass is 538 g/mol. The van der Waals surface area contributed by atoms with Gasteiger partial charge in [-0.2, -0.15) is 0 Å². The van der Waals surface area contributed by atoms with Crippen LogP contribution in [0, 0.1) is 30.6 Å². The van der Waals surface area contributed by atoms with Crippen LogP contribution in [0.4, 0.5) is 4.79 Å². The minimum Gasteiger partial charge on any atom is -0.465 e. The number of likely N-dealkylation sites (tertiary alicyclic amines) is 1. The molecule has 0 N–H and O–H groups in total. The predicted molar refractivity (Wildman–Crippen MR) is 155 cm³/mol. The molecule has 6 heteroatoms. The van der Waals surface area contributed by atoms with Crippen molar-refractivity contribution in [2.75, 3.05) is 13.7 Å². The highest BCUT2D eigenvalue weighted by atomic mass is 16.6. The number of ether oxygens (including phenoxy) is 2. The second-order valence-electron chi connectivity index (χ2n) is 12.6. The molecule has 208 valence electrons. The van der Waals surface area contributed by atoms with Gasteiger partial charge in [0, 0.05) is 24.2 Å². The zero-order valence-electron chi connectivity index (χ0n) is 24.1. The topological polar surface area (TPSA) is 60.8 Å². The Labute approximate surface area is 236 Å². The van der Waals surface area contributed by atoms with Crippen LogP contribution < -0.4 is 0 Å². The SMILES string of the molecule is COC(=O)c1ccc([C@@H]2C[C@H](C3CC3)CCN2Cc2c(C3C#C3)cc(C)c3c2ccn3C(=O)OC(C)(C)C)cc1. The van der Waals surface area contributed by atoms with Gasteiger partial charge in [0.25, 0.3) is 0 Å². The fourth-order valence-electron chi connectivity index (χ4n) is 6.45. The maximum absolute atomic E-state index is 13.1. The van der Waals surface area contributed by atoms with Gasteiger partial charge in [-0.15, -0.1) is 0 Å². The number of fused-ring (bicyclic) bond motifs is 1. The van der Waals surface area contributed by atoms with E-state index in [1.54, 1.807) is 4.57 Å². The fraction of sp³-hybridized carbons (Fsp3) is 0.471. The number of carbonyl (C=O) groups is 2. The molecule has 1 aliphatic heterocycles. The van der Waals surface area contributed by atoms with E-state index in [9.17, 15) is 9.59 Å². The first kappa shape index (κ1) is 26.7. The van der Waals surface area contributed by atoms with Crippen LogP contribution in [0.1, 0.15) is 91.0 Å². The molecule has 3 aromatic rings. The van der Waals surface area contributed by atoms with E-state index in [0.29, 0.717) is 5.56 Å². The van der Waals surface area contributed by atoms with Gasteiger partial charge in [-0.05, 0) is 112 Å². The second-order valence-corrected chi connectivity index (χ2v) is 12.6. The zero-order chi connectivity index (χ0) is 28.2. The number of carbonyl (C=O) groups excluding carboxylic acids is 2. The third-order valence-electron chi connectivity index (χ3n) is 8.62. The summed E-state index contributed by atoms with van der Waals surface area (Å²) in [6.45, 7) is 9.51. The molecule has 2 aliphatic carbocycles. The number of aromatic nitrogens is 1. The number of rotatable bonds is 6. The Morgan fingerprint density at radius 3 is 2.38 bits per heavy atom. The first-order valence-corrected chi connectivity index (χ1v) is 14.4. The smallest absolute Gasteiger partial charge is 0.418 e. The minimum absolute atomic E-state index is 0.102. The van der Waals surface area contributed by atoms with Crippen molar-refractivity contribution in [3.05, 3.63) is 70.4 Å². The van der Waals surface area contributed by atoms with E-state index in [4.69, 9.17) is 9.47 Å². The number of nitrogens with zero attached hydrogens (tertiary/aromatic N) is 2. The minimum atomic E-state index is -0.575. The van der Waals surface area contributed by atoms with Crippen molar-refractivity contribution in [2.24, 2.45) is 11.8 Å². The summed E-state index contributed by atoms with van der Waals surface area (Å²) in [4.78, 5) is 27.8. The number of benzene rings is 2. The lowest BCUT2D eigenvalue weighted by Crippen LogP contribution is -2.37. The van der Waals surface area contributed by atoms with Crippen molar-refractivity contribution < 1.29 is 19.1 Å². The number of piperidine rings is 1. The summed E-state index contributed by atoms with van der Waals surface area (Å²) in [6.07, 6.45) is 6.49. The first-order valence-electron chi connectivity index (χ1n) is 14.4. The van der Waals surface area contributed by atoms with Crippen molar-refractivity contribution in [3.8, 4) is 11.8 Å². The second kappa shape index (κ2) is 10.1. The van der Waals surface area contributed by atoms with Crippen molar-refractivity contribution in [1.82, 2.24) is 9.47 Å². The lowest BCUT2D eigenvalue weighted by Gasteiger charge is -2.40. The molecule has 0 amide bonds. The van der Waals surface area contributed by atoms with Crippen molar-refractivity contribution in [1.29, 1.82) is 0 Å². The highest BCUT2D eigenvalue weighted by Gasteiger charge is 2.39. The average molecular weight is 539 g/mol. The molecule has 40 heavy (non-hydrogen) atoms. The number of hydrogen-bond acceptors (Lipinski definition) is 5. The Morgan fingerprint density at radius 2 is 1.75 bits per heavy atom. The highest BCUT2D eigenvalue weighted by molar-refractivity contribution is 5.95. The van der Waals surface area contributed by atoms with Gasteiger partial charge < -0.3 is 9.47 Å². The van der Waals surface area contributed by atoms with Gasteiger partial charge in [0.2, 0.25) is 0 Å². The summed E-state index contributed by atoms with van der Waals surface area (Å²) >= 11 is 0. The van der Waals surface area contributed by atoms with Crippen molar-refractivity contribution in [3.63, 3.8) is 0 Å². The molecule has 1 saturated heterocycles. The summed E-state index contributed by atoms with van der Waals surface area (Å²) < 4.78 is 12.3. The Morgan fingerprint density at radius 1 is 1.02 bits per heavy atom. The van der Waals surface area contributed by atoms with Crippen molar-refractivity contribution in [2.45, 2.75) is 77.5 Å². The van der Waals surface area contributed by atoms with E-state index in [0.717, 1.165) is 47.8 Å². The Bertz CT molecular complexity index is 1520. The number of aryl methyl sites for hydroxylation is 1. The predicted octanol–water partition coefficient (Wildman–Crippen LogP) is 6.98. The fourth-order valence-corrected chi connectivity index (χ4v) is 6.45. The average Bonchev–Trinajstić information content (AvgIpc) is 3.86. The molecule has 2 atom stereocenters. The lowest BCUT2D eigenvalue weighted by molar-refractivity contribution is 0.0542. The van der Waals surface area contributed by atoms with E-state index >= 15 is 0 Å². The molecule has 2 heterocycles. The summed E-state index contributed by atoms with van der Waals surface area (Å²) in [5, 5.41) is 1.08. The quantitative estimate of drug-likeness (QED) is 0.250. The largest absolute Gasteiger partial charge is 0.465 e. The number of hydrogen-bond donors (Lipinski definition) is 0. The molecular weight excluding hydrogens is 500 g/mol. The van der Waals surface area contributed by atoms with Gasteiger partial charge in [0.1, 0.15) is 11.5 Å². The normalized spacial score (nSPS) is 21.1. The molecule has 6 rings (SSSR count). The maximum atomic E-state index is 13.1. The van der Waals surface area contributed by atoms with Gasteiger partial charge in [-0.25, -0.2) is 9.59 Å². The molecule has 6 nitrogen and oxygen atoms in total. The van der Waals surface area contributed by atoms with Gasteiger partial charge in [0.15, 0.2) is 0 Å². The Kier molecular flexibility index (Phi) is 6.74. The highest BCUT2D eigenvalue weighted by Crippen LogP contribution is 2.47. The first-order chi connectivity index (χ1) is 19.1.